The highest BCUT2D eigenvalue weighted by Gasteiger charge is 2.13. The molecule has 0 aliphatic rings. The maximum absolute atomic E-state index is 6.17. The molecule has 0 aliphatic carbocycles. The van der Waals surface area contributed by atoms with E-state index in [4.69, 9.17) is 14.5 Å². The lowest BCUT2D eigenvalue weighted by Crippen LogP contribution is -2.04. The molecule has 0 saturated carbocycles. The molecule has 6 heteroatoms. The summed E-state index contributed by atoms with van der Waals surface area (Å²) in [5.74, 6) is 1.46. The van der Waals surface area contributed by atoms with Crippen molar-refractivity contribution in [2.24, 2.45) is 0 Å². The standard InChI is InChI=1S/C31H29BrN2O2S/c1-4-35-28-17-23(16-26(32)30(28)36-19-22-7-5-6-20(2)14-22)18-33-25-11-9-24(10-12-25)31-34-27-13-8-21(3)15-29(27)37-31/h5-17,33H,4,18-19H2,1-3H3. The van der Waals surface area contributed by atoms with Crippen molar-refractivity contribution in [3.05, 3.63) is 106 Å². The number of hydrogen-bond donors (Lipinski definition) is 1. The van der Waals surface area contributed by atoms with Crippen LogP contribution in [0.25, 0.3) is 20.8 Å². The van der Waals surface area contributed by atoms with Crippen molar-refractivity contribution in [1.82, 2.24) is 4.98 Å². The van der Waals surface area contributed by atoms with E-state index in [1.807, 2.05) is 19.1 Å². The van der Waals surface area contributed by atoms with Gasteiger partial charge in [0, 0.05) is 17.8 Å². The molecule has 4 aromatic carbocycles. The molecule has 0 saturated heterocycles. The number of nitrogens with zero attached hydrogens (tertiary/aromatic N) is 1. The number of hydrogen-bond acceptors (Lipinski definition) is 5. The lowest BCUT2D eigenvalue weighted by Gasteiger charge is -2.16. The number of aromatic nitrogens is 1. The molecule has 188 valence electrons. The Hall–Kier alpha value is -3.35. The molecular weight excluding hydrogens is 544 g/mol. The monoisotopic (exact) mass is 572 g/mol. The van der Waals surface area contributed by atoms with Crippen LogP contribution in [-0.4, -0.2) is 11.6 Å². The number of thiazole rings is 1. The van der Waals surface area contributed by atoms with Crippen LogP contribution in [-0.2, 0) is 13.2 Å². The average molecular weight is 574 g/mol. The van der Waals surface area contributed by atoms with Crippen LogP contribution in [0.5, 0.6) is 11.5 Å². The summed E-state index contributed by atoms with van der Waals surface area (Å²) in [5, 5.41) is 4.56. The molecule has 1 N–H and O–H groups in total. The molecule has 0 unspecified atom stereocenters. The normalized spacial score (nSPS) is 11.0. The Labute approximate surface area is 230 Å². The van der Waals surface area contributed by atoms with E-state index < -0.39 is 0 Å². The Kier molecular flexibility index (Phi) is 7.77. The lowest BCUT2D eigenvalue weighted by atomic mass is 10.1. The van der Waals surface area contributed by atoms with Gasteiger partial charge in [-0.25, -0.2) is 4.98 Å². The molecule has 0 spiro atoms. The van der Waals surface area contributed by atoms with Gasteiger partial charge in [-0.1, -0.05) is 35.9 Å². The summed E-state index contributed by atoms with van der Waals surface area (Å²) in [6.07, 6.45) is 0. The van der Waals surface area contributed by atoms with Crippen molar-refractivity contribution in [3.8, 4) is 22.1 Å². The predicted octanol–water partition coefficient (Wildman–Crippen LogP) is 8.93. The minimum Gasteiger partial charge on any atom is -0.490 e. The van der Waals surface area contributed by atoms with E-state index in [1.165, 1.54) is 15.8 Å². The van der Waals surface area contributed by atoms with Gasteiger partial charge in [0.1, 0.15) is 11.6 Å². The zero-order chi connectivity index (χ0) is 25.8. The van der Waals surface area contributed by atoms with Gasteiger partial charge in [0.15, 0.2) is 11.5 Å². The van der Waals surface area contributed by atoms with Crippen LogP contribution in [0.1, 0.15) is 29.2 Å². The van der Waals surface area contributed by atoms with Gasteiger partial charge in [-0.2, -0.15) is 0 Å². The topological polar surface area (TPSA) is 43.4 Å². The Bertz CT molecular complexity index is 1530. The van der Waals surface area contributed by atoms with Crippen LogP contribution < -0.4 is 14.8 Å². The molecule has 0 radical (unpaired) electrons. The van der Waals surface area contributed by atoms with Crippen LogP contribution in [0.4, 0.5) is 5.69 Å². The van der Waals surface area contributed by atoms with Crippen molar-refractivity contribution in [1.29, 1.82) is 0 Å². The van der Waals surface area contributed by atoms with Crippen LogP contribution in [0.15, 0.2) is 83.3 Å². The van der Waals surface area contributed by atoms with E-state index >= 15 is 0 Å². The maximum Gasteiger partial charge on any atom is 0.175 e. The fourth-order valence-electron chi connectivity index (χ4n) is 4.17. The minimum absolute atomic E-state index is 0.485. The summed E-state index contributed by atoms with van der Waals surface area (Å²) in [6.45, 7) is 7.90. The third-order valence-corrected chi connectivity index (χ3v) is 7.66. The quantitative estimate of drug-likeness (QED) is 0.191. The van der Waals surface area contributed by atoms with Gasteiger partial charge in [0.05, 0.1) is 21.3 Å². The molecule has 1 aromatic heterocycles. The minimum atomic E-state index is 0.485. The van der Waals surface area contributed by atoms with Gasteiger partial charge in [-0.3, -0.25) is 0 Å². The van der Waals surface area contributed by atoms with Gasteiger partial charge in [0.25, 0.3) is 0 Å². The fraction of sp³-hybridized carbons (Fsp3) is 0.194. The number of ether oxygens (including phenoxy) is 2. The second-order valence-electron chi connectivity index (χ2n) is 9.04. The highest BCUT2D eigenvalue weighted by molar-refractivity contribution is 9.10. The maximum atomic E-state index is 6.17. The van der Waals surface area contributed by atoms with Crippen molar-refractivity contribution in [2.45, 2.75) is 33.9 Å². The van der Waals surface area contributed by atoms with Gasteiger partial charge >= 0.3 is 0 Å². The van der Waals surface area contributed by atoms with E-state index in [-0.39, 0.29) is 0 Å². The molecule has 4 nitrogen and oxygen atoms in total. The van der Waals surface area contributed by atoms with Gasteiger partial charge in [-0.15, -0.1) is 11.3 Å². The third kappa shape index (κ3) is 6.14. The molecule has 37 heavy (non-hydrogen) atoms. The first-order valence-electron chi connectivity index (χ1n) is 12.3. The average Bonchev–Trinajstić information content (AvgIpc) is 3.31. The van der Waals surface area contributed by atoms with Crippen molar-refractivity contribution in [2.75, 3.05) is 11.9 Å². The first-order valence-corrected chi connectivity index (χ1v) is 13.9. The van der Waals surface area contributed by atoms with Crippen LogP contribution in [0, 0.1) is 13.8 Å². The van der Waals surface area contributed by atoms with Crippen molar-refractivity contribution < 1.29 is 9.47 Å². The molecule has 0 fully saturated rings. The molecular formula is C31H29BrN2O2S. The summed E-state index contributed by atoms with van der Waals surface area (Å²) in [5.41, 5.74) is 7.93. The Morgan fingerprint density at radius 1 is 0.865 bits per heavy atom. The summed E-state index contributed by atoms with van der Waals surface area (Å²) in [6, 6.07) is 27.3. The number of halogens is 1. The highest BCUT2D eigenvalue weighted by Crippen LogP contribution is 2.38. The largest absolute Gasteiger partial charge is 0.490 e. The second-order valence-corrected chi connectivity index (χ2v) is 10.9. The van der Waals surface area contributed by atoms with E-state index in [0.29, 0.717) is 19.8 Å². The second kappa shape index (κ2) is 11.4. The summed E-state index contributed by atoms with van der Waals surface area (Å²) < 4.78 is 14.2. The first kappa shape index (κ1) is 25.3. The SMILES string of the molecule is CCOc1cc(CNc2ccc(-c3nc4ccc(C)cc4s3)cc2)cc(Br)c1OCc1cccc(C)c1. The van der Waals surface area contributed by atoms with E-state index in [9.17, 15) is 0 Å². The number of fused-ring (bicyclic) bond motifs is 1. The Morgan fingerprint density at radius 2 is 1.68 bits per heavy atom. The van der Waals surface area contributed by atoms with Gasteiger partial charge in [-0.05, 0) is 102 Å². The Balaban J connectivity index is 1.27. The van der Waals surface area contributed by atoms with Gasteiger partial charge in [0.2, 0.25) is 0 Å². The van der Waals surface area contributed by atoms with Crippen molar-refractivity contribution in [3.63, 3.8) is 0 Å². The molecule has 0 amide bonds. The Morgan fingerprint density at radius 3 is 2.46 bits per heavy atom. The summed E-state index contributed by atoms with van der Waals surface area (Å²) >= 11 is 5.43. The molecule has 5 aromatic rings. The first-order chi connectivity index (χ1) is 18.0. The molecule has 5 rings (SSSR count). The molecule has 0 atom stereocenters. The predicted molar refractivity (Wildman–Crippen MR) is 158 cm³/mol. The van der Waals surface area contributed by atoms with Crippen molar-refractivity contribution >= 4 is 43.2 Å². The third-order valence-electron chi connectivity index (χ3n) is 6.01. The lowest BCUT2D eigenvalue weighted by molar-refractivity contribution is 0.267. The number of anilines is 1. The smallest absolute Gasteiger partial charge is 0.175 e. The number of rotatable bonds is 9. The number of aryl methyl sites for hydroxylation is 2. The fourth-order valence-corrected chi connectivity index (χ4v) is 5.85. The molecule has 0 aliphatic heterocycles. The summed E-state index contributed by atoms with van der Waals surface area (Å²) in [4.78, 5) is 4.80. The van der Waals surface area contributed by atoms with Crippen LogP contribution in [0.2, 0.25) is 0 Å². The summed E-state index contributed by atoms with van der Waals surface area (Å²) in [7, 11) is 0. The zero-order valence-electron chi connectivity index (χ0n) is 21.2. The number of nitrogens with one attached hydrogen (secondary N) is 1. The van der Waals surface area contributed by atoms with Gasteiger partial charge < -0.3 is 14.8 Å². The molecule has 0 bridgehead atoms. The zero-order valence-corrected chi connectivity index (χ0v) is 23.6. The van der Waals surface area contributed by atoms with Crippen LogP contribution >= 0.6 is 27.3 Å². The van der Waals surface area contributed by atoms with E-state index in [2.05, 4.69) is 102 Å². The van der Waals surface area contributed by atoms with Crippen LogP contribution in [0.3, 0.4) is 0 Å². The van der Waals surface area contributed by atoms with E-state index in [0.717, 1.165) is 48.9 Å². The number of benzene rings is 4. The van der Waals surface area contributed by atoms with E-state index in [1.54, 1.807) is 11.3 Å². The highest BCUT2D eigenvalue weighted by atomic mass is 79.9. The molecule has 1 heterocycles.